The van der Waals surface area contributed by atoms with Gasteiger partial charge in [-0.25, -0.2) is 9.97 Å². The molecule has 9 heteroatoms. The number of rotatable bonds is 9. The third kappa shape index (κ3) is 5.55. The Labute approximate surface area is 186 Å². The van der Waals surface area contributed by atoms with Crippen molar-refractivity contribution >= 4 is 17.7 Å². The Hall–Kier alpha value is -3.07. The van der Waals surface area contributed by atoms with Crippen LogP contribution < -0.4 is 14.8 Å². The van der Waals surface area contributed by atoms with Gasteiger partial charge in [-0.2, -0.15) is 5.10 Å². The Kier molecular flexibility index (Phi) is 7.51. The zero-order valence-electron chi connectivity index (χ0n) is 18.4. The van der Waals surface area contributed by atoms with Gasteiger partial charge in [-0.05, 0) is 45.0 Å². The van der Waals surface area contributed by atoms with Gasteiger partial charge >= 0.3 is 0 Å². The number of ether oxygens (including phenoxy) is 2. The molecule has 0 unspecified atom stereocenters. The first-order valence-electron chi connectivity index (χ1n) is 9.96. The molecule has 164 valence electrons. The van der Waals surface area contributed by atoms with E-state index >= 15 is 0 Å². The van der Waals surface area contributed by atoms with E-state index in [1.807, 2.05) is 55.9 Å². The molecule has 0 aliphatic heterocycles. The highest BCUT2D eigenvalue weighted by molar-refractivity contribution is 7.99. The van der Waals surface area contributed by atoms with Gasteiger partial charge in [0.2, 0.25) is 5.91 Å². The van der Waals surface area contributed by atoms with Crippen molar-refractivity contribution < 1.29 is 14.3 Å². The first-order chi connectivity index (χ1) is 14.9. The number of benzene rings is 1. The largest absolute Gasteiger partial charge is 0.497 e. The third-order valence-electron chi connectivity index (χ3n) is 4.79. The molecule has 1 aromatic carbocycles. The summed E-state index contributed by atoms with van der Waals surface area (Å²) in [4.78, 5) is 21.4. The number of hydrogen-bond acceptors (Lipinski definition) is 7. The molecule has 8 nitrogen and oxygen atoms in total. The van der Waals surface area contributed by atoms with Crippen LogP contribution in [0.4, 0.5) is 0 Å². The molecule has 3 aromatic rings. The Morgan fingerprint density at radius 1 is 1.26 bits per heavy atom. The van der Waals surface area contributed by atoms with Crippen molar-refractivity contribution in [3.05, 3.63) is 47.9 Å². The average Bonchev–Trinajstić information content (AvgIpc) is 3.18. The molecule has 0 saturated carbocycles. The number of amides is 1. The van der Waals surface area contributed by atoms with Gasteiger partial charge in [0.15, 0.2) is 5.16 Å². The number of aromatic nitrogens is 4. The number of hydrogen-bond donors (Lipinski definition) is 1. The molecule has 0 radical (unpaired) electrons. The van der Waals surface area contributed by atoms with Crippen LogP contribution in [0.5, 0.6) is 11.5 Å². The second kappa shape index (κ2) is 10.3. The maximum absolute atomic E-state index is 12.5. The number of carbonyl (C=O) groups excluding carboxylic acids is 1. The summed E-state index contributed by atoms with van der Waals surface area (Å²) >= 11 is 1.29. The Bertz CT molecular complexity index is 1050. The van der Waals surface area contributed by atoms with Crippen LogP contribution in [0.2, 0.25) is 0 Å². The lowest BCUT2D eigenvalue weighted by atomic mass is 10.1. The number of nitrogens with zero attached hydrogens (tertiary/aromatic N) is 4. The fourth-order valence-corrected chi connectivity index (χ4v) is 3.80. The number of aryl methyl sites for hydroxylation is 2. The van der Waals surface area contributed by atoms with Crippen LogP contribution in [0.1, 0.15) is 31.1 Å². The maximum atomic E-state index is 12.5. The topological polar surface area (TPSA) is 91.2 Å². The molecule has 2 heterocycles. The fraction of sp³-hybridized carbons (Fsp3) is 0.364. The van der Waals surface area contributed by atoms with Crippen LogP contribution in [-0.2, 0) is 11.3 Å². The molecular weight excluding hydrogens is 414 g/mol. The second-order valence-corrected chi connectivity index (χ2v) is 7.84. The highest BCUT2D eigenvalue weighted by Gasteiger charge is 2.16. The molecule has 1 amide bonds. The van der Waals surface area contributed by atoms with Gasteiger partial charge in [0.05, 0.1) is 37.4 Å². The number of nitrogens with one attached hydrogen (secondary N) is 1. The third-order valence-corrected chi connectivity index (χ3v) is 5.65. The van der Waals surface area contributed by atoms with E-state index in [1.165, 1.54) is 11.8 Å². The molecule has 3 rings (SSSR count). The van der Waals surface area contributed by atoms with Gasteiger partial charge < -0.3 is 14.8 Å². The van der Waals surface area contributed by atoms with Crippen molar-refractivity contribution in [1.29, 1.82) is 0 Å². The van der Waals surface area contributed by atoms with Gasteiger partial charge in [0.25, 0.3) is 0 Å². The molecule has 0 aliphatic carbocycles. The quantitative estimate of drug-likeness (QED) is 0.400. The van der Waals surface area contributed by atoms with Gasteiger partial charge in [-0.1, -0.05) is 11.8 Å². The Morgan fingerprint density at radius 2 is 2.06 bits per heavy atom. The van der Waals surface area contributed by atoms with Crippen molar-refractivity contribution in [3.8, 4) is 22.8 Å². The van der Waals surface area contributed by atoms with Crippen LogP contribution in [-0.4, -0.2) is 45.6 Å². The Morgan fingerprint density at radius 3 is 2.74 bits per heavy atom. The van der Waals surface area contributed by atoms with Gasteiger partial charge in [-0.15, -0.1) is 0 Å². The van der Waals surface area contributed by atoms with E-state index in [1.54, 1.807) is 20.4 Å². The van der Waals surface area contributed by atoms with E-state index in [0.29, 0.717) is 16.7 Å². The van der Waals surface area contributed by atoms with E-state index < -0.39 is 0 Å². The van der Waals surface area contributed by atoms with Crippen molar-refractivity contribution in [3.63, 3.8) is 0 Å². The van der Waals surface area contributed by atoms with Crippen molar-refractivity contribution in [2.75, 3.05) is 20.0 Å². The van der Waals surface area contributed by atoms with E-state index in [2.05, 4.69) is 20.4 Å². The molecule has 1 N–H and O–H groups in total. The summed E-state index contributed by atoms with van der Waals surface area (Å²) in [7, 11) is 3.21. The summed E-state index contributed by atoms with van der Waals surface area (Å²) in [6.07, 6.45) is 3.68. The summed E-state index contributed by atoms with van der Waals surface area (Å²) in [6, 6.07) is 7.12. The van der Waals surface area contributed by atoms with Crippen molar-refractivity contribution in [2.24, 2.45) is 0 Å². The normalized spacial score (nSPS) is 11.8. The van der Waals surface area contributed by atoms with Crippen LogP contribution in [0.25, 0.3) is 11.3 Å². The van der Waals surface area contributed by atoms with E-state index in [-0.39, 0.29) is 17.7 Å². The zero-order chi connectivity index (χ0) is 22.4. The molecule has 0 fully saturated rings. The van der Waals surface area contributed by atoms with Gasteiger partial charge in [0.1, 0.15) is 11.5 Å². The smallest absolute Gasteiger partial charge is 0.230 e. The lowest BCUT2D eigenvalue weighted by Crippen LogP contribution is -2.28. The Balaban J connectivity index is 1.64. The highest BCUT2D eigenvalue weighted by atomic mass is 32.2. The van der Waals surface area contributed by atoms with Gasteiger partial charge in [-0.3, -0.25) is 9.48 Å². The molecule has 1 atom stereocenters. The first kappa shape index (κ1) is 22.6. The minimum atomic E-state index is -0.243. The molecule has 2 aromatic heterocycles. The van der Waals surface area contributed by atoms with Crippen molar-refractivity contribution in [2.45, 2.75) is 38.5 Å². The molecule has 0 spiro atoms. The molecule has 0 saturated heterocycles. The minimum absolute atomic E-state index is 0.119. The van der Waals surface area contributed by atoms with Crippen LogP contribution >= 0.6 is 11.8 Å². The van der Waals surface area contributed by atoms with E-state index in [0.717, 1.165) is 29.1 Å². The standard InChI is InChI=1S/C22H27N5O3S/c1-6-27-12-18(15(3)26-27)19-9-10-23-22(25-19)31-13-21(28)24-14(2)17-11-16(29-4)7-8-20(17)30-5/h7-12,14H,6,13H2,1-5H3,(H,24,28)/t14-/m1/s1. The summed E-state index contributed by atoms with van der Waals surface area (Å²) in [5.74, 6) is 1.48. The van der Waals surface area contributed by atoms with Crippen molar-refractivity contribution in [1.82, 2.24) is 25.1 Å². The van der Waals surface area contributed by atoms with Crippen LogP contribution in [0, 0.1) is 6.92 Å². The SMILES string of the molecule is CCn1cc(-c2ccnc(SCC(=O)N[C@H](C)c3cc(OC)ccc3OC)n2)c(C)n1. The summed E-state index contributed by atoms with van der Waals surface area (Å²) in [5, 5.41) is 8.00. The zero-order valence-corrected chi connectivity index (χ0v) is 19.2. The summed E-state index contributed by atoms with van der Waals surface area (Å²) < 4.78 is 12.6. The predicted molar refractivity (Wildman–Crippen MR) is 120 cm³/mol. The fourth-order valence-electron chi connectivity index (χ4n) is 3.16. The lowest BCUT2D eigenvalue weighted by Gasteiger charge is -2.18. The monoisotopic (exact) mass is 441 g/mol. The van der Waals surface area contributed by atoms with Gasteiger partial charge in [0, 0.05) is 30.1 Å². The van der Waals surface area contributed by atoms with Crippen LogP contribution in [0.15, 0.2) is 41.8 Å². The second-order valence-electron chi connectivity index (χ2n) is 6.89. The first-order valence-corrected chi connectivity index (χ1v) is 10.9. The predicted octanol–water partition coefficient (Wildman–Crippen LogP) is 3.66. The van der Waals surface area contributed by atoms with E-state index in [4.69, 9.17) is 9.47 Å². The average molecular weight is 442 g/mol. The number of carbonyl (C=O) groups is 1. The molecular formula is C22H27N5O3S. The van der Waals surface area contributed by atoms with E-state index in [9.17, 15) is 4.79 Å². The summed E-state index contributed by atoms with van der Waals surface area (Å²) in [6.45, 7) is 6.70. The highest BCUT2D eigenvalue weighted by Crippen LogP contribution is 2.29. The molecule has 0 bridgehead atoms. The number of methoxy groups -OCH3 is 2. The lowest BCUT2D eigenvalue weighted by molar-refractivity contribution is -0.119. The van der Waals surface area contributed by atoms with Crippen LogP contribution in [0.3, 0.4) is 0 Å². The summed E-state index contributed by atoms with van der Waals surface area (Å²) in [5.41, 5.74) is 3.52. The maximum Gasteiger partial charge on any atom is 0.230 e. The molecule has 31 heavy (non-hydrogen) atoms. The minimum Gasteiger partial charge on any atom is -0.497 e. The number of thioether (sulfide) groups is 1. The molecule has 0 aliphatic rings.